The first-order chi connectivity index (χ1) is 13.2. The molecule has 4 nitrogen and oxygen atoms in total. The molecule has 5 heteroatoms. The van der Waals surface area contributed by atoms with Gasteiger partial charge in [-0.25, -0.2) is 0 Å². The lowest BCUT2D eigenvalue weighted by Gasteiger charge is -2.24. The Bertz CT molecular complexity index is 962. The normalized spacial score (nSPS) is 15.8. The second kappa shape index (κ2) is 7.45. The van der Waals surface area contributed by atoms with Crippen molar-refractivity contribution in [1.82, 2.24) is 0 Å². The second-order valence-corrected chi connectivity index (χ2v) is 7.34. The Morgan fingerprint density at radius 3 is 2.70 bits per heavy atom. The zero-order chi connectivity index (χ0) is 18.8. The number of rotatable bonds is 5. The molecule has 0 aliphatic carbocycles. The number of carbonyl (C=O) groups is 1. The summed E-state index contributed by atoms with van der Waals surface area (Å²) in [6, 6.07) is 16.0. The second-order valence-electron chi connectivity index (χ2n) is 6.43. The van der Waals surface area contributed by atoms with Crippen LogP contribution in [-0.4, -0.2) is 19.6 Å². The van der Waals surface area contributed by atoms with E-state index in [0.717, 1.165) is 33.9 Å². The van der Waals surface area contributed by atoms with E-state index in [0.29, 0.717) is 13.0 Å². The lowest BCUT2D eigenvalue weighted by atomic mass is 9.89. The standard InChI is InChI=1S/C22H21NO3S/c1-3-26-17-6-4-5-15(11-17)18-12-20(24)23-21-19(13-27-22(18)21)14-7-9-16(25-2)10-8-14/h4-11,13,18H,3,12H2,1-2H3,(H,23,24)/t18-/m0/s1. The highest BCUT2D eigenvalue weighted by atomic mass is 32.1. The molecular weight excluding hydrogens is 358 g/mol. The average molecular weight is 379 g/mol. The van der Waals surface area contributed by atoms with Crippen LogP contribution in [0.5, 0.6) is 11.5 Å². The van der Waals surface area contributed by atoms with Gasteiger partial charge in [0.25, 0.3) is 0 Å². The summed E-state index contributed by atoms with van der Waals surface area (Å²) >= 11 is 1.69. The first-order valence-corrected chi connectivity index (χ1v) is 9.86. The first-order valence-electron chi connectivity index (χ1n) is 8.98. The summed E-state index contributed by atoms with van der Waals surface area (Å²) in [5.74, 6) is 1.75. The Morgan fingerprint density at radius 2 is 1.96 bits per heavy atom. The maximum Gasteiger partial charge on any atom is 0.225 e. The molecular formula is C22H21NO3S. The third-order valence-corrected chi connectivity index (χ3v) is 5.86. The molecule has 0 fully saturated rings. The summed E-state index contributed by atoms with van der Waals surface area (Å²) in [5.41, 5.74) is 4.15. The molecule has 0 radical (unpaired) electrons. The van der Waals surface area contributed by atoms with Crippen molar-refractivity contribution in [2.75, 3.05) is 19.0 Å². The van der Waals surface area contributed by atoms with Gasteiger partial charge >= 0.3 is 0 Å². The highest BCUT2D eigenvalue weighted by Crippen LogP contribution is 2.47. The fraction of sp³-hybridized carbons (Fsp3) is 0.227. The van der Waals surface area contributed by atoms with E-state index in [9.17, 15) is 4.79 Å². The van der Waals surface area contributed by atoms with Crippen LogP contribution in [0.25, 0.3) is 11.1 Å². The number of methoxy groups -OCH3 is 1. The molecule has 0 spiro atoms. The lowest BCUT2D eigenvalue weighted by molar-refractivity contribution is -0.116. The molecule has 0 unspecified atom stereocenters. The summed E-state index contributed by atoms with van der Waals surface area (Å²) in [7, 11) is 1.66. The number of carbonyl (C=O) groups excluding carboxylic acids is 1. The zero-order valence-corrected chi connectivity index (χ0v) is 16.1. The van der Waals surface area contributed by atoms with E-state index in [2.05, 4.69) is 16.8 Å². The van der Waals surface area contributed by atoms with Crippen molar-refractivity contribution < 1.29 is 14.3 Å². The first kappa shape index (κ1) is 17.6. The largest absolute Gasteiger partial charge is 0.497 e. The fourth-order valence-corrected chi connectivity index (χ4v) is 4.63. The van der Waals surface area contributed by atoms with Gasteiger partial charge in [-0.05, 0) is 42.3 Å². The van der Waals surface area contributed by atoms with Crippen LogP contribution in [-0.2, 0) is 4.79 Å². The molecule has 0 saturated carbocycles. The SMILES string of the molecule is CCOc1cccc([C@@H]2CC(=O)Nc3c(-c4ccc(OC)cc4)csc32)c1. The van der Waals surface area contributed by atoms with E-state index in [1.807, 2.05) is 49.4 Å². The van der Waals surface area contributed by atoms with Gasteiger partial charge in [0.05, 0.1) is 19.4 Å². The van der Waals surface area contributed by atoms with Crippen LogP contribution in [0.1, 0.15) is 29.7 Å². The predicted octanol–water partition coefficient (Wildman–Crippen LogP) is 5.30. The highest BCUT2D eigenvalue weighted by Gasteiger charge is 2.30. The summed E-state index contributed by atoms with van der Waals surface area (Å²) in [4.78, 5) is 13.6. The third kappa shape index (κ3) is 3.43. The van der Waals surface area contributed by atoms with Gasteiger partial charge < -0.3 is 14.8 Å². The van der Waals surface area contributed by atoms with Gasteiger partial charge in [0.1, 0.15) is 11.5 Å². The van der Waals surface area contributed by atoms with Crippen molar-refractivity contribution in [3.05, 3.63) is 64.4 Å². The number of hydrogen-bond acceptors (Lipinski definition) is 4. The van der Waals surface area contributed by atoms with Crippen LogP contribution in [0.15, 0.2) is 53.9 Å². The molecule has 3 aromatic rings. The number of fused-ring (bicyclic) bond motifs is 1. The van der Waals surface area contributed by atoms with Crippen LogP contribution in [0.3, 0.4) is 0 Å². The number of nitrogens with one attached hydrogen (secondary N) is 1. The minimum Gasteiger partial charge on any atom is -0.497 e. The van der Waals surface area contributed by atoms with Crippen LogP contribution < -0.4 is 14.8 Å². The Kier molecular flexibility index (Phi) is 4.86. The summed E-state index contributed by atoms with van der Waals surface area (Å²) < 4.78 is 10.9. The molecule has 4 rings (SSSR count). The monoisotopic (exact) mass is 379 g/mol. The number of hydrogen-bond donors (Lipinski definition) is 1. The molecule has 27 heavy (non-hydrogen) atoms. The Morgan fingerprint density at radius 1 is 1.15 bits per heavy atom. The van der Waals surface area contributed by atoms with Crippen molar-refractivity contribution in [2.45, 2.75) is 19.3 Å². The molecule has 1 aliphatic heterocycles. The molecule has 2 aromatic carbocycles. The molecule has 1 atom stereocenters. The van der Waals surface area contributed by atoms with Gasteiger partial charge in [0.15, 0.2) is 0 Å². The minimum atomic E-state index is 0.0440. The molecule has 2 heterocycles. The van der Waals surface area contributed by atoms with Crippen LogP contribution >= 0.6 is 11.3 Å². The zero-order valence-electron chi connectivity index (χ0n) is 15.3. The maximum atomic E-state index is 12.4. The van der Waals surface area contributed by atoms with Crippen molar-refractivity contribution in [2.24, 2.45) is 0 Å². The van der Waals surface area contributed by atoms with Gasteiger partial charge in [-0.1, -0.05) is 24.3 Å². The van der Waals surface area contributed by atoms with Gasteiger partial charge in [-0.2, -0.15) is 0 Å². The number of amides is 1. The van der Waals surface area contributed by atoms with E-state index < -0.39 is 0 Å². The third-order valence-electron chi connectivity index (χ3n) is 4.76. The van der Waals surface area contributed by atoms with Crippen molar-refractivity contribution in [3.63, 3.8) is 0 Å². The van der Waals surface area contributed by atoms with Gasteiger partial charge in [-0.15, -0.1) is 11.3 Å². The Balaban J connectivity index is 1.74. The predicted molar refractivity (Wildman–Crippen MR) is 109 cm³/mol. The fourth-order valence-electron chi connectivity index (χ4n) is 3.47. The van der Waals surface area contributed by atoms with Gasteiger partial charge in [-0.3, -0.25) is 4.79 Å². The summed E-state index contributed by atoms with van der Waals surface area (Å²) in [6.07, 6.45) is 0.450. The molecule has 0 bridgehead atoms. The van der Waals surface area contributed by atoms with E-state index >= 15 is 0 Å². The topological polar surface area (TPSA) is 47.6 Å². The lowest BCUT2D eigenvalue weighted by Crippen LogP contribution is -2.22. The van der Waals surface area contributed by atoms with E-state index in [1.54, 1.807) is 18.4 Å². The molecule has 0 saturated heterocycles. The average Bonchev–Trinajstić information content (AvgIpc) is 3.11. The highest BCUT2D eigenvalue weighted by molar-refractivity contribution is 7.11. The molecule has 1 N–H and O–H groups in total. The Hall–Kier alpha value is -2.79. The van der Waals surface area contributed by atoms with Crippen LogP contribution in [0.2, 0.25) is 0 Å². The van der Waals surface area contributed by atoms with Crippen molar-refractivity contribution in [3.8, 4) is 22.6 Å². The van der Waals surface area contributed by atoms with Crippen LogP contribution in [0.4, 0.5) is 5.69 Å². The molecule has 1 aliphatic rings. The van der Waals surface area contributed by atoms with Crippen LogP contribution in [0, 0.1) is 0 Å². The van der Waals surface area contributed by atoms with E-state index in [-0.39, 0.29) is 11.8 Å². The number of thiophene rings is 1. The van der Waals surface area contributed by atoms with Gasteiger partial charge in [0, 0.05) is 28.2 Å². The summed E-state index contributed by atoms with van der Waals surface area (Å²) in [6.45, 7) is 2.60. The van der Waals surface area contributed by atoms with Crippen molar-refractivity contribution >= 4 is 22.9 Å². The van der Waals surface area contributed by atoms with E-state index in [4.69, 9.17) is 9.47 Å². The summed E-state index contributed by atoms with van der Waals surface area (Å²) in [5, 5.41) is 5.21. The minimum absolute atomic E-state index is 0.0440. The molecule has 1 aromatic heterocycles. The maximum absolute atomic E-state index is 12.4. The molecule has 138 valence electrons. The van der Waals surface area contributed by atoms with Gasteiger partial charge in [0.2, 0.25) is 5.91 Å². The number of ether oxygens (including phenoxy) is 2. The van der Waals surface area contributed by atoms with E-state index in [1.165, 1.54) is 4.88 Å². The van der Waals surface area contributed by atoms with Crippen molar-refractivity contribution in [1.29, 1.82) is 0 Å². The number of anilines is 1. The number of benzene rings is 2. The smallest absolute Gasteiger partial charge is 0.225 e. The Labute approximate surface area is 162 Å². The molecule has 1 amide bonds. The quantitative estimate of drug-likeness (QED) is 0.655.